The molecule has 0 unspecified atom stereocenters. The highest BCUT2D eigenvalue weighted by molar-refractivity contribution is 6.33. The lowest BCUT2D eigenvalue weighted by atomic mass is 10.2. The summed E-state index contributed by atoms with van der Waals surface area (Å²) in [4.78, 5) is 2.40. The molecule has 1 saturated heterocycles. The SMILES string of the molecule is Cl.Fc1cccc(Cl)c1/C=N/N1CCN(Cc2ccccc2)CC1. The molecule has 3 nitrogen and oxygen atoms in total. The number of nitrogens with zero attached hydrogens (tertiary/aromatic N) is 3. The monoisotopic (exact) mass is 367 g/mol. The number of piperazine rings is 1. The topological polar surface area (TPSA) is 18.8 Å². The molecule has 0 N–H and O–H groups in total. The molecule has 2 aromatic carbocycles. The van der Waals surface area contributed by atoms with Crippen LogP contribution in [0.3, 0.4) is 0 Å². The van der Waals surface area contributed by atoms with Crippen molar-refractivity contribution in [2.75, 3.05) is 26.2 Å². The Labute approximate surface area is 153 Å². The molecule has 1 heterocycles. The van der Waals surface area contributed by atoms with Gasteiger partial charge >= 0.3 is 0 Å². The van der Waals surface area contributed by atoms with E-state index in [1.807, 2.05) is 11.1 Å². The van der Waals surface area contributed by atoms with Gasteiger partial charge in [-0.2, -0.15) is 5.10 Å². The maximum atomic E-state index is 13.7. The van der Waals surface area contributed by atoms with E-state index < -0.39 is 0 Å². The zero-order chi connectivity index (χ0) is 16.1. The third kappa shape index (κ3) is 4.94. The lowest BCUT2D eigenvalue weighted by Gasteiger charge is -2.33. The van der Waals surface area contributed by atoms with Gasteiger partial charge in [0, 0.05) is 38.3 Å². The Morgan fingerprint density at radius 2 is 1.71 bits per heavy atom. The van der Waals surface area contributed by atoms with Crippen LogP contribution < -0.4 is 0 Å². The van der Waals surface area contributed by atoms with Gasteiger partial charge in [0.1, 0.15) is 5.82 Å². The summed E-state index contributed by atoms with van der Waals surface area (Å²) < 4.78 is 13.7. The van der Waals surface area contributed by atoms with Crippen molar-refractivity contribution in [3.05, 3.63) is 70.5 Å². The second-order valence-electron chi connectivity index (χ2n) is 5.60. The summed E-state index contributed by atoms with van der Waals surface area (Å²) in [5.41, 5.74) is 1.67. The zero-order valence-corrected chi connectivity index (χ0v) is 14.8. The first-order valence-electron chi connectivity index (χ1n) is 7.71. The largest absolute Gasteiger partial charge is 0.295 e. The summed E-state index contributed by atoms with van der Waals surface area (Å²) in [6.07, 6.45) is 1.52. The van der Waals surface area contributed by atoms with E-state index in [2.05, 4.69) is 34.3 Å². The van der Waals surface area contributed by atoms with Crippen LogP contribution in [0.5, 0.6) is 0 Å². The molecule has 1 aliphatic rings. The minimum absolute atomic E-state index is 0. The van der Waals surface area contributed by atoms with E-state index in [-0.39, 0.29) is 18.2 Å². The van der Waals surface area contributed by atoms with E-state index in [1.165, 1.54) is 17.8 Å². The van der Waals surface area contributed by atoms with Crippen LogP contribution in [0.25, 0.3) is 0 Å². The van der Waals surface area contributed by atoms with Crippen molar-refractivity contribution in [2.24, 2.45) is 5.10 Å². The standard InChI is InChI=1S/C18H19ClFN3.ClH/c19-17-7-4-8-18(20)16(17)13-21-23-11-9-22(10-12-23)14-15-5-2-1-3-6-15;/h1-8,13H,9-12,14H2;1H/b21-13+;. The van der Waals surface area contributed by atoms with Gasteiger partial charge in [-0.05, 0) is 17.7 Å². The summed E-state index contributed by atoms with van der Waals surface area (Å²) in [5, 5.41) is 6.72. The molecule has 0 saturated carbocycles. The first-order chi connectivity index (χ1) is 11.2. The Kier molecular flexibility index (Phi) is 7.03. The van der Waals surface area contributed by atoms with Crippen molar-refractivity contribution in [3.8, 4) is 0 Å². The molecule has 2 aromatic rings. The molecule has 1 fully saturated rings. The lowest BCUT2D eigenvalue weighted by Crippen LogP contribution is -2.43. The molecule has 0 radical (unpaired) electrons. The van der Waals surface area contributed by atoms with Gasteiger partial charge in [0.2, 0.25) is 0 Å². The highest BCUT2D eigenvalue weighted by Crippen LogP contribution is 2.17. The fourth-order valence-electron chi connectivity index (χ4n) is 2.63. The zero-order valence-electron chi connectivity index (χ0n) is 13.2. The minimum Gasteiger partial charge on any atom is -0.295 e. The number of benzene rings is 2. The quantitative estimate of drug-likeness (QED) is 0.759. The average molecular weight is 368 g/mol. The van der Waals surface area contributed by atoms with Gasteiger partial charge in [-0.25, -0.2) is 4.39 Å². The molecule has 3 rings (SSSR count). The van der Waals surface area contributed by atoms with E-state index in [1.54, 1.807) is 12.1 Å². The normalized spacial score (nSPS) is 15.5. The van der Waals surface area contributed by atoms with E-state index >= 15 is 0 Å². The summed E-state index contributed by atoms with van der Waals surface area (Å²) >= 11 is 6.00. The fourth-order valence-corrected chi connectivity index (χ4v) is 2.84. The predicted octanol–water partition coefficient (Wildman–Crippen LogP) is 4.05. The van der Waals surface area contributed by atoms with E-state index in [0.717, 1.165) is 32.7 Å². The number of rotatable bonds is 4. The Morgan fingerprint density at radius 3 is 2.38 bits per heavy atom. The Bertz CT molecular complexity index is 651. The van der Waals surface area contributed by atoms with Crippen molar-refractivity contribution in [1.29, 1.82) is 0 Å². The van der Waals surface area contributed by atoms with Crippen molar-refractivity contribution < 1.29 is 4.39 Å². The molecule has 1 aliphatic heterocycles. The molecule has 0 aromatic heterocycles. The second-order valence-corrected chi connectivity index (χ2v) is 6.00. The highest BCUT2D eigenvalue weighted by Gasteiger charge is 2.15. The van der Waals surface area contributed by atoms with Crippen molar-refractivity contribution in [2.45, 2.75) is 6.54 Å². The van der Waals surface area contributed by atoms with Crippen LogP contribution in [0.1, 0.15) is 11.1 Å². The minimum atomic E-state index is -0.344. The van der Waals surface area contributed by atoms with Gasteiger partial charge in [0.05, 0.1) is 11.2 Å². The maximum absolute atomic E-state index is 13.7. The Balaban J connectivity index is 0.00000208. The maximum Gasteiger partial charge on any atom is 0.133 e. The average Bonchev–Trinajstić information content (AvgIpc) is 2.57. The third-order valence-electron chi connectivity index (χ3n) is 3.95. The number of hydrogen-bond acceptors (Lipinski definition) is 3. The fraction of sp³-hybridized carbons (Fsp3) is 0.278. The first kappa shape index (κ1) is 18.7. The van der Waals surface area contributed by atoms with Crippen molar-refractivity contribution >= 4 is 30.2 Å². The molecular formula is C18H20Cl2FN3. The number of halogens is 3. The van der Waals surface area contributed by atoms with Gasteiger partial charge in [0.15, 0.2) is 0 Å². The van der Waals surface area contributed by atoms with Gasteiger partial charge in [-0.3, -0.25) is 9.91 Å². The van der Waals surface area contributed by atoms with Crippen LogP contribution in [0.15, 0.2) is 53.6 Å². The van der Waals surface area contributed by atoms with Crippen LogP contribution in [-0.2, 0) is 6.54 Å². The molecule has 0 bridgehead atoms. The second kappa shape index (κ2) is 9.02. The third-order valence-corrected chi connectivity index (χ3v) is 4.28. The lowest BCUT2D eigenvalue weighted by molar-refractivity contribution is 0.131. The summed E-state index contributed by atoms with van der Waals surface area (Å²) in [7, 11) is 0. The molecule has 0 aliphatic carbocycles. The van der Waals surface area contributed by atoms with Gasteiger partial charge in [-0.1, -0.05) is 48.0 Å². The van der Waals surface area contributed by atoms with Crippen LogP contribution in [0.4, 0.5) is 4.39 Å². The van der Waals surface area contributed by atoms with Gasteiger partial charge in [-0.15, -0.1) is 12.4 Å². The van der Waals surface area contributed by atoms with E-state index in [4.69, 9.17) is 11.6 Å². The molecule has 6 heteroatoms. The summed E-state index contributed by atoms with van der Waals surface area (Å²) in [6.45, 7) is 4.50. The molecule has 24 heavy (non-hydrogen) atoms. The molecule has 128 valence electrons. The van der Waals surface area contributed by atoms with E-state index in [9.17, 15) is 4.39 Å². The van der Waals surface area contributed by atoms with Crippen molar-refractivity contribution in [1.82, 2.24) is 9.91 Å². The molecule has 0 spiro atoms. The van der Waals surface area contributed by atoms with E-state index in [0.29, 0.717) is 10.6 Å². The molecular weight excluding hydrogens is 348 g/mol. The Morgan fingerprint density at radius 1 is 1.00 bits per heavy atom. The van der Waals surface area contributed by atoms with Gasteiger partial charge < -0.3 is 0 Å². The summed E-state index contributed by atoms with van der Waals surface area (Å²) in [6, 6.07) is 15.1. The van der Waals surface area contributed by atoms with Crippen LogP contribution in [0, 0.1) is 5.82 Å². The smallest absolute Gasteiger partial charge is 0.133 e. The van der Waals surface area contributed by atoms with Crippen LogP contribution in [0.2, 0.25) is 5.02 Å². The number of hydrogen-bond donors (Lipinski definition) is 0. The number of hydrazone groups is 1. The van der Waals surface area contributed by atoms with Crippen molar-refractivity contribution in [3.63, 3.8) is 0 Å². The highest BCUT2D eigenvalue weighted by atomic mass is 35.5. The summed E-state index contributed by atoms with van der Waals surface area (Å²) in [5.74, 6) is -0.344. The molecule has 0 amide bonds. The molecule has 0 atom stereocenters. The van der Waals surface area contributed by atoms with Crippen LogP contribution >= 0.6 is 24.0 Å². The first-order valence-corrected chi connectivity index (χ1v) is 8.09. The van der Waals surface area contributed by atoms with Gasteiger partial charge in [0.25, 0.3) is 0 Å². The predicted molar refractivity (Wildman–Crippen MR) is 99.5 cm³/mol. The van der Waals surface area contributed by atoms with Crippen LogP contribution in [-0.4, -0.2) is 42.3 Å². The Hall–Kier alpha value is -1.62.